The normalized spacial score (nSPS) is 18.2. The Morgan fingerprint density at radius 1 is 1.20 bits per heavy atom. The van der Waals surface area contributed by atoms with Gasteiger partial charge in [-0.2, -0.15) is 4.98 Å². The molecule has 1 saturated heterocycles. The SMILES string of the molecule is CC(C)n1ccc2cc(-c3nc(-c4cccc5c4CCCC5CC(=O)N4CC(O)C4)no3)ccc21. The summed E-state index contributed by atoms with van der Waals surface area (Å²) in [5.74, 6) is 1.41. The molecule has 180 valence electrons. The molecular formula is C28H30N4O3. The van der Waals surface area contributed by atoms with Crippen molar-refractivity contribution < 1.29 is 14.4 Å². The van der Waals surface area contributed by atoms with Crippen LogP contribution < -0.4 is 0 Å². The molecule has 2 aromatic carbocycles. The maximum Gasteiger partial charge on any atom is 0.258 e. The molecule has 0 spiro atoms. The van der Waals surface area contributed by atoms with Gasteiger partial charge >= 0.3 is 0 Å². The number of fused-ring (bicyclic) bond motifs is 2. The Labute approximate surface area is 204 Å². The number of aromatic nitrogens is 3. The Morgan fingerprint density at radius 2 is 2.06 bits per heavy atom. The first-order valence-electron chi connectivity index (χ1n) is 12.5. The first-order valence-corrected chi connectivity index (χ1v) is 12.5. The predicted octanol–water partition coefficient (Wildman–Crippen LogP) is 4.95. The maximum absolute atomic E-state index is 12.7. The molecule has 1 atom stereocenters. The van der Waals surface area contributed by atoms with Crippen LogP contribution in [-0.4, -0.2) is 49.8 Å². The van der Waals surface area contributed by atoms with E-state index >= 15 is 0 Å². The van der Waals surface area contributed by atoms with Crippen molar-refractivity contribution >= 4 is 16.8 Å². The molecule has 1 aliphatic carbocycles. The molecule has 1 fully saturated rings. The molecule has 2 aromatic heterocycles. The van der Waals surface area contributed by atoms with Gasteiger partial charge in [0.05, 0.1) is 6.10 Å². The highest BCUT2D eigenvalue weighted by molar-refractivity contribution is 5.84. The number of aliphatic hydroxyl groups is 1. The van der Waals surface area contributed by atoms with E-state index in [1.54, 1.807) is 4.90 Å². The Morgan fingerprint density at radius 3 is 2.86 bits per heavy atom. The summed E-state index contributed by atoms with van der Waals surface area (Å²) in [7, 11) is 0. The predicted molar refractivity (Wildman–Crippen MR) is 134 cm³/mol. The van der Waals surface area contributed by atoms with E-state index in [1.807, 2.05) is 12.1 Å². The molecule has 3 heterocycles. The molecule has 2 aliphatic rings. The standard InChI is InChI=1S/C28H30N4O3/c1-17(2)32-12-11-19-13-20(9-10-25(19)32)28-29-27(30-35-28)24-8-4-6-22-18(5-3-7-23(22)24)14-26(34)31-15-21(33)16-31/h4,6,8-13,17-18,21,33H,3,5,7,14-16H2,1-2H3. The first kappa shape index (κ1) is 22.0. The van der Waals surface area contributed by atoms with Gasteiger partial charge in [0.25, 0.3) is 5.89 Å². The van der Waals surface area contributed by atoms with Crippen LogP contribution in [0, 0.1) is 0 Å². The number of amides is 1. The fraction of sp³-hybridized carbons (Fsp3) is 0.393. The first-order chi connectivity index (χ1) is 17.0. The van der Waals surface area contributed by atoms with Crippen LogP contribution in [0.5, 0.6) is 0 Å². The zero-order valence-electron chi connectivity index (χ0n) is 20.1. The van der Waals surface area contributed by atoms with Gasteiger partial charge in [-0.15, -0.1) is 0 Å². The van der Waals surface area contributed by atoms with E-state index in [0.717, 1.165) is 35.8 Å². The van der Waals surface area contributed by atoms with Crippen LogP contribution in [-0.2, 0) is 11.2 Å². The Hall–Kier alpha value is -3.45. The number of likely N-dealkylation sites (tertiary alicyclic amines) is 1. The average molecular weight is 471 g/mol. The zero-order valence-corrected chi connectivity index (χ0v) is 20.1. The lowest BCUT2D eigenvalue weighted by Crippen LogP contribution is -2.53. The summed E-state index contributed by atoms with van der Waals surface area (Å²) < 4.78 is 7.95. The van der Waals surface area contributed by atoms with E-state index in [9.17, 15) is 9.90 Å². The lowest BCUT2D eigenvalue weighted by Gasteiger charge is -2.37. The number of carbonyl (C=O) groups excluding carboxylic acids is 1. The number of β-amino-alcohol motifs (C(OH)–C–C–N with tert-alkyl or cyclic N) is 1. The van der Waals surface area contributed by atoms with Crippen LogP contribution in [0.4, 0.5) is 0 Å². The van der Waals surface area contributed by atoms with Gasteiger partial charge < -0.3 is 19.1 Å². The minimum atomic E-state index is -0.368. The van der Waals surface area contributed by atoms with Gasteiger partial charge in [0, 0.05) is 53.8 Å². The summed E-state index contributed by atoms with van der Waals surface area (Å²) in [5, 5.41) is 15.0. The number of nitrogens with zero attached hydrogens (tertiary/aromatic N) is 4. The van der Waals surface area contributed by atoms with Gasteiger partial charge in [-0.05, 0) is 74.4 Å². The third kappa shape index (κ3) is 3.93. The third-order valence-electron chi connectivity index (χ3n) is 7.46. The van der Waals surface area contributed by atoms with E-state index in [1.165, 1.54) is 16.6 Å². The molecule has 4 aromatic rings. The summed E-state index contributed by atoms with van der Waals surface area (Å²) in [6.45, 7) is 5.26. The number of aliphatic hydroxyl groups excluding tert-OH is 1. The fourth-order valence-electron chi connectivity index (χ4n) is 5.56. The Balaban J connectivity index is 1.28. The number of benzene rings is 2. The van der Waals surface area contributed by atoms with Gasteiger partial charge in [-0.25, -0.2) is 0 Å². The Kier molecular flexibility index (Phi) is 5.44. The van der Waals surface area contributed by atoms with Gasteiger partial charge in [-0.1, -0.05) is 23.4 Å². The summed E-state index contributed by atoms with van der Waals surface area (Å²) in [6, 6.07) is 15.0. The van der Waals surface area contributed by atoms with Crippen LogP contribution in [0.2, 0.25) is 0 Å². The van der Waals surface area contributed by atoms with Crippen molar-refractivity contribution in [3.63, 3.8) is 0 Å². The smallest absolute Gasteiger partial charge is 0.258 e. The van der Waals surface area contributed by atoms with Crippen molar-refractivity contribution in [3.8, 4) is 22.8 Å². The van der Waals surface area contributed by atoms with Crippen molar-refractivity contribution in [2.75, 3.05) is 13.1 Å². The molecule has 0 bridgehead atoms. The van der Waals surface area contributed by atoms with Gasteiger partial charge in [0.1, 0.15) is 0 Å². The molecule has 1 N–H and O–H groups in total. The zero-order chi connectivity index (χ0) is 24.1. The molecule has 7 nitrogen and oxygen atoms in total. The second kappa shape index (κ2) is 8.64. The fourth-order valence-corrected chi connectivity index (χ4v) is 5.56. The number of rotatable bonds is 5. The van der Waals surface area contributed by atoms with E-state index in [-0.39, 0.29) is 17.9 Å². The molecule has 1 unspecified atom stereocenters. The summed E-state index contributed by atoms with van der Waals surface area (Å²) in [5.41, 5.74) is 5.51. The van der Waals surface area contributed by atoms with Crippen LogP contribution >= 0.6 is 0 Å². The maximum atomic E-state index is 12.7. The van der Waals surface area contributed by atoms with Crippen LogP contribution in [0.3, 0.4) is 0 Å². The van der Waals surface area contributed by atoms with Crippen molar-refractivity contribution in [3.05, 3.63) is 59.8 Å². The highest BCUT2D eigenvalue weighted by Crippen LogP contribution is 2.39. The number of carbonyl (C=O) groups is 1. The number of hydrogen-bond acceptors (Lipinski definition) is 5. The quantitative estimate of drug-likeness (QED) is 0.446. The second-order valence-electron chi connectivity index (χ2n) is 10.1. The van der Waals surface area contributed by atoms with Gasteiger partial charge in [-0.3, -0.25) is 4.79 Å². The highest BCUT2D eigenvalue weighted by atomic mass is 16.5. The van der Waals surface area contributed by atoms with Crippen molar-refractivity contribution in [2.45, 2.75) is 57.6 Å². The molecule has 7 heteroatoms. The van der Waals surface area contributed by atoms with Crippen LogP contribution in [0.15, 0.2) is 53.2 Å². The second-order valence-corrected chi connectivity index (χ2v) is 10.1. The Bertz CT molecular complexity index is 1400. The van der Waals surface area contributed by atoms with Gasteiger partial charge in [0.15, 0.2) is 0 Å². The molecular weight excluding hydrogens is 440 g/mol. The molecule has 6 rings (SSSR count). The minimum absolute atomic E-state index is 0.127. The lowest BCUT2D eigenvalue weighted by molar-refractivity contribution is -0.141. The lowest BCUT2D eigenvalue weighted by atomic mass is 9.78. The summed E-state index contributed by atoms with van der Waals surface area (Å²) in [6.07, 6.45) is 5.19. The highest BCUT2D eigenvalue weighted by Gasteiger charge is 2.32. The topological polar surface area (TPSA) is 84.4 Å². The van der Waals surface area contributed by atoms with Crippen LogP contribution in [0.1, 0.15) is 56.2 Å². The van der Waals surface area contributed by atoms with Crippen molar-refractivity contribution in [1.82, 2.24) is 19.6 Å². The third-order valence-corrected chi connectivity index (χ3v) is 7.46. The summed E-state index contributed by atoms with van der Waals surface area (Å²) in [4.78, 5) is 19.2. The summed E-state index contributed by atoms with van der Waals surface area (Å²) >= 11 is 0. The van der Waals surface area contributed by atoms with Crippen molar-refractivity contribution in [1.29, 1.82) is 0 Å². The van der Waals surface area contributed by atoms with Crippen LogP contribution in [0.25, 0.3) is 33.7 Å². The van der Waals surface area contributed by atoms with Gasteiger partial charge in [0.2, 0.25) is 11.7 Å². The van der Waals surface area contributed by atoms with Crippen molar-refractivity contribution in [2.24, 2.45) is 0 Å². The van der Waals surface area contributed by atoms with E-state index in [0.29, 0.717) is 37.3 Å². The average Bonchev–Trinajstić information content (AvgIpc) is 3.49. The monoisotopic (exact) mass is 470 g/mol. The molecule has 1 amide bonds. The molecule has 1 aliphatic heterocycles. The molecule has 35 heavy (non-hydrogen) atoms. The molecule has 0 radical (unpaired) electrons. The van der Waals surface area contributed by atoms with E-state index in [4.69, 9.17) is 9.51 Å². The number of hydrogen-bond donors (Lipinski definition) is 1. The molecule has 0 saturated carbocycles. The van der Waals surface area contributed by atoms with E-state index < -0.39 is 0 Å². The largest absolute Gasteiger partial charge is 0.389 e. The minimum Gasteiger partial charge on any atom is -0.389 e. The van der Waals surface area contributed by atoms with E-state index in [2.05, 4.69) is 60.1 Å².